The summed E-state index contributed by atoms with van der Waals surface area (Å²) in [5, 5.41) is 10.6. The largest absolute Gasteiger partial charge is 0.330 e. The van der Waals surface area contributed by atoms with Crippen LogP contribution in [0.15, 0.2) is 24.3 Å². The van der Waals surface area contributed by atoms with Crippen molar-refractivity contribution in [2.75, 3.05) is 6.54 Å². The molecule has 0 radical (unpaired) electrons. The smallest absolute Gasteiger partial charge is 0.159 e. The average Bonchev–Trinajstić information content (AvgIpc) is 2.73. The predicted octanol–water partition coefficient (Wildman–Crippen LogP) is 2.84. The summed E-state index contributed by atoms with van der Waals surface area (Å²) >= 11 is 7.60. The van der Waals surface area contributed by atoms with Crippen molar-refractivity contribution >= 4 is 22.9 Å². The second-order valence-electron chi connectivity index (χ2n) is 3.42. The van der Waals surface area contributed by atoms with Gasteiger partial charge in [0, 0.05) is 17.0 Å². The van der Waals surface area contributed by atoms with Gasteiger partial charge in [-0.05, 0) is 12.6 Å². The molecule has 2 aromatic rings. The third kappa shape index (κ3) is 2.47. The average molecular weight is 264 g/mol. The van der Waals surface area contributed by atoms with E-state index in [-0.39, 0.29) is 0 Å². The second kappa shape index (κ2) is 5.28. The first kappa shape index (κ1) is 12.1. The lowest BCUT2D eigenvalue weighted by atomic mass is 10.1. The zero-order valence-electron chi connectivity index (χ0n) is 8.98. The molecule has 1 aromatic heterocycles. The number of nitrogens with zero attached hydrogens (tertiary/aromatic N) is 2. The van der Waals surface area contributed by atoms with Gasteiger partial charge in [0.05, 0.1) is 9.88 Å². The van der Waals surface area contributed by atoms with Crippen molar-refractivity contribution in [3.63, 3.8) is 0 Å². The predicted molar refractivity (Wildman–Crippen MR) is 70.0 cm³/mol. The normalized spacial score (nSPS) is 10.2. The second-order valence-corrected chi connectivity index (χ2v) is 4.91. The summed E-state index contributed by atoms with van der Waals surface area (Å²) in [5.41, 5.74) is 6.76. The van der Waals surface area contributed by atoms with Crippen molar-refractivity contribution in [2.24, 2.45) is 5.73 Å². The fraction of sp³-hybridized carbons (Fsp3) is 0.167. The molecule has 0 unspecified atom stereocenters. The minimum absolute atomic E-state index is 0.423. The van der Waals surface area contributed by atoms with E-state index in [4.69, 9.17) is 22.6 Å². The number of rotatable bonds is 3. The molecule has 0 bridgehead atoms. The molecule has 0 aliphatic carbocycles. The maximum absolute atomic E-state index is 9.07. The van der Waals surface area contributed by atoms with E-state index in [0.717, 1.165) is 15.4 Å². The first-order chi connectivity index (χ1) is 8.26. The van der Waals surface area contributed by atoms with Crippen LogP contribution >= 0.6 is 22.9 Å². The summed E-state index contributed by atoms with van der Waals surface area (Å²) in [7, 11) is 0. The molecule has 0 aliphatic heterocycles. The Hall–Kier alpha value is -1.41. The molecule has 3 nitrogen and oxygen atoms in total. The summed E-state index contributed by atoms with van der Waals surface area (Å²) in [6.07, 6.45) is 0.684. The molecule has 0 saturated carbocycles. The van der Waals surface area contributed by atoms with E-state index in [9.17, 15) is 0 Å². The number of aromatic nitrogens is 1. The van der Waals surface area contributed by atoms with Crippen molar-refractivity contribution in [2.45, 2.75) is 6.42 Å². The number of nitriles is 1. The van der Waals surface area contributed by atoms with Gasteiger partial charge in [0.2, 0.25) is 0 Å². The molecule has 2 N–H and O–H groups in total. The Kier molecular flexibility index (Phi) is 3.75. The molecular formula is C12H10ClN3S. The first-order valence-electron chi connectivity index (χ1n) is 5.11. The number of thiazole rings is 1. The number of nitrogens with two attached hydrogens (primary N) is 1. The lowest BCUT2D eigenvalue weighted by molar-refractivity contribution is 0.950. The molecule has 1 heterocycles. The van der Waals surface area contributed by atoms with Gasteiger partial charge < -0.3 is 5.73 Å². The van der Waals surface area contributed by atoms with Gasteiger partial charge in [0.15, 0.2) is 5.69 Å². The molecule has 5 heteroatoms. The van der Waals surface area contributed by atoms with Crippen LogP contribution in [0.1, 0.15) is 10.7 Å². The van der Waals surface area contributed by atoms with Crippen LogP contribution in [0.2, 0.25) is 5.02 Å². The SMILES string of the molecule is N#Cc1nc(CCN)sc1-c1ccccc1Cl. The van der Waals surface area contributed by atoms with Crippen LogP contribution in [0.25, 0.3) is 10.4 Å². The Morgan fingerprint density at radius 3 is 2.82 bits per heavy atom. The highest BCUT2D eigenvalue weighted by atomic mass is 35.5. The summed E-state index contributed by atoms with van der Waals surface area (Å²) in [6, 6.07) is 9.55. The van der Waals surface area contributed by atoms with Gasteiger partial charge in [-0.3, -0.25) is 0 Å². The summed E-state index contributed by atoms with van der Waals surface area (Å²) < 4.78 is 0. The van der Waals surface area contributed by atoms with Crippen molar-refractivity contribution in [3.8, 4) is 16.5 Å². The minimum atomic E-state index is 0.423. The van der Waals surface area contributed by atoms with Gasteiger partial charge in [0.1, 0.15) is 6.07 Å². The summed E-state index contributed by atoms with van der Waals surface area (Å²) in [4.78, 5) is 5.08. The molecule has 0 spiro atoms. The van der Waals surface area contributed by atoms with Gasteiger partial charge in [-0.1, -0.05) is 29.8 Å². The molecule has 2 rings (SSSR count). The Bertz CT molecular complexity index is 571. The third-order valence-corrected chi connectivity index (χ3v) is 3.73. The van der Waals surface area contributed by atoms with Crippen LogP contribution in [0.5, 0.6) is 0 Å². The van der Waals surface area contributed by atoms with Crippen LogP contribution in [-0.4, -0.2) is 11.5 Å². The molecule has 1 aromatic carbocycles. The fourth-order valence-electron chi connectivity index (χ4n) is 1.50. The highest BCUT2D eigenvalue weighted by Gasteiger charge is 2.14. The van der Waals surface area contributed by atoms with Crippen LogP contribution in [0.4, 0.5) is 0 Å². The van der Waals surface area contributed by atoms with E-state index >= 15 is 0 Å². The molecule has 0 aliphatic rings. The molecular weight excluding hydrogens is 254 g/mol. The topological polar surface area (TPSA) is 62.7 Å². The third-order valence-electron chi connectivity index (χ3n) is 2.25. The molecule has 0 atom stereocenters. The quantitative estimate of drug-likeness (QED) is 0.926. The minimum Gasteiger partial charge on any atom is -0.330 e. The van der Waals surface area contributed by atoms with E-state index < -0.39 is 0 Å². The number of hydrogen-bond acceptors (Lipinski definition) is 4. The molecule has 0 amide bonds. The van der Waals surface area contributed by atoms with Gasteiger partial charge >= 0.3 is 0 Å². The fourth-order valence-corrected chi connectivity index (χ4v) is 2.85. The molecule has 0 saturated heterocycles. The molecule has 17 heavy (non-hydrogen) atoms. The van der Waals surface area contributed by atoms with Crippen LogP contribution < -0.4 is 5.73 Å². The standard InChI is InChI=1S/C12H10ClN3S/c13-9-4-2-1-3-8(9)12-10(7-15)16-11(17-12)5-6-14/h1-4H,5-6,14H2. The Morgan fingerprint density at radius 1 is 1.41 bits per heavy atom. The maximum Gasteiger partial charge on any atom is 0.159 e. The summed E-state index contributed by atoms with van der Waals surface area (Å²) in [5.74, 6) is 0. The van der Waals surface area contributed by atoms with Crippen LogP contribution in [0, 0.1) is 11.3 Å². The zero-order chi connectivity index (χ0) is 12.3. The number of hydrogen-bond donors (Lipinski definition) is 1. The Labute approximate surface area is 108 Å². The van der Waals surface area contributed by atoms with Gasteiger partial charge in [0.25, 0.3) is 0 Å². The van der Waals surface area contributed by atoms with E-state index in [0.29, 0.717) is 23.7 Å². The monoisotopic (exact) mass is 263 g/mol. The van der Waals surface area contributed by atoms with E-state index in [2.05, 4.69) is 11.1 Å². The number of benzene rings is 1. The lowest BCUT2D eigenvalue weighted by Crippen LogP contribution is -2.01. The highest BCUT2D eigenvalue weighted by Crippen LogP contribution is 2.34. The molecule has 86 valence electrons. The first-order valence-corrected chi connectivity index (χ1v) is 6.30. The Morgan fingerprint density at radius 2 is 2.18 bits per heavy atom. The van der Waals surface area contributed by atoms with Gasteiger partial charge in [-0.25, -0.2) is 4.98 Å². The van der Waals surface area contributed by atoms with E-state index in [1.165, 1.54) is 11.3 Å². The van der Waals surface area contributed by atoms with Gasteiger partial charge in [-0.15, -0.1) is 11.3 Å². The zero-order valence-corrected chi connectivity index (χ0v) is 10.6. The summed E-state index contributed by atoms with van der Waals surface area (Å²) in [6.45, 7) is 0.528. The van der Waals surface area contributed by atoms with E-state index in [1.54, 1.807) is 6.07 Å². The number of halogens is 1. The van der Waals surface area contributed by atoms with Gasteiger partial charge in [-0.2, -0.15) is 5.26 Å². The van der Waals surface area contributed by atoms with Crippen molar-refractivity contribution in [3.05, 3.63) is 40.0 Å². The maximum atomic E-state index is 9.07. The highest BCUT2D eigenvalue weighted by molar-refractivity contribution is 7.15. The van der Waals surface area contributed by atoms with Crippen LogP contribution in [-0.2, 0) is 6.42 Å². The van der Waals surface area contributed by atoms with Crippen molar-refractivity contribution in [1.29, 1.82) is 5.26 Å². The van der Waals surface area contributed by atoms with Crippen LogP contribution in [0.3, 0.4) is 0 Å². The molecule has 0 fully saturated rings. The Balaban J connectivity index is 2.52. The van der Waals surface area contributed by atoms with E-state index in [1.807, 2.05) is 18.2 Å². The van der Waals surface area contributed by atoms with Crippen molar-refractivity contribution < 1.29 is 0 Å². The lowest BCUT2D eigenvalue weighted by Gasteiger charge is -1.99. The van der Waals surface area contributed by atoms with Crippen molar-refractivity contribution in [1.82, 2.24) is 4.98 Å².